The van der Waals surface area contributed by atoms with Crippen molar-refractivity contribution in [1.29, 1.82) is 0 Å². The highest BCUT2D eigenvalue weighted by Gasteiger charge is 2.19. The Balaban J connectivity index is 1.86. The minimum absolute atomic E-state index is 0.238. The molecule has 3 rings (SSSR count). The van der Waals surface area contributed by atoms with E-state index in [4.69, 9.17) is 4.74 Å². The number of aromatic nitrogens is 5. The molecule has 1 amide bonds. The van der Waals surface area contributed by atoms with Gasteiger partial charge in [-0.05, 0) is 12.1 Å². The van der Waals surface area contributed by atoms with E-state index >= 15 is 0 Å². The van der Waals surface area contributed by atoms with Crippen molar-refractivity contribution < 1.29 is 9.53 Å². The smallest absolute Gasteiger partial charge is 0.269 e. The number of hydrogen-bond acceptors (Lipinski definition) is 5. The molecule has 0 radical (unpaired) electrons. The zero-order chi connectivity index (χ0) is 18.7. The Morgan fingerprint density at radius 2 is 2.15 bits per heavy atom. The van der Waals surface area contributed by atoms with Gasteiger partial charge in [0.2, 0.25) is 0 Å². The average molecular weight is 373 g/mol. The number of carbonyl (C=O) groups is 1. The number of nitrogens with zero attached hydrogens (tertiary/aromatic N) is 4. The maximum atomic E-state index is 12.0. The second-order valence-electron chi connectivity index (χ2n) is 7.33. The summed E-state index contributed by atoms with van der Waals surface area (Å²) in [5.41, 5.74) is 2.47. The molecule has 26 heavy (non-hydrogen) atoms. The third kappa shape index (κ3) is 3.83. The minimum Gasteiger partial charge on any atom is -0.361 e. The lowest BCUT2D eigenvalue weighted by molar-refractivity contribution is 0.0898. The van der Waals surface area contributed by atoms with Crippen LogP contribution in [0.2, 0.25) is 25.7 Å². The van der Waals surface area contributed by atoms with Gasteiger partial charge in [-0.1, -0.05) is 19.6 Å². The van der Waals surface area contributed by atoms with Crippen LogP contribution in [-0.2, 0) is 11.5 Å². The van der Waals surface area contributed by atoms with E-state index in [0.717, 1.165) is 23.7 Å². The Bertz CT molecular complexity index is 912. The second kappa shape index (κ2) is 7.38. The number of hydrogen-bond donors (Lipinski definition) is 2. The van der Waals surface area contributed by atoms with Gasteiger partial charge in [0.15, 0.2) is 0 Å². The highest BCUT2D eigenvalue weighted by molar-refractivity contribution is 6.76. The van der Waals surface area contributed by atoms with Crippen molar-refractivity contribution in [3.05, 3.63) is 30.5 Å². The molecule has 0 spiro atoms. The van der Waals surface area contributed by atoms with E-state index < -0.39 is 8.07 Å². The molecule has 0 unspecified atom stereocenters. The van der Waals surface area contributed by atoms with Gasteiger partial charge >= 0.3 is 0 Å². The fraction of sp³-hybridized carbons (Fsp3) is 0.412. The van der Waals surface area contributed by atoms with E-state index in [-0.39, 0.29) is 5.91 Å². The molecule has 138 valence electrons. The van der Waals surface area contributed by atoms with Crippen molar-refractivity contribution in [3.8, 4) is 11.3 Å². The third-order valence-electron chi connectivity index (χ3n) is 4.13. The number of carbonyl (C=O) groups excluding carboxylic acids is 1. The molecule has 3 heterocycles. The maximum absolute atomic E-state index is 12.0. The van der Waals surface area contributed by atoms with Gasteiger partial charge in [-0.2, -0.15) is 5.10 Å². The van der Waals surface area contributed by atoms with Gasteiger partial charge in [0.25, 0.3) is 5.91 Å². The average Bonchev–Trinajstić information content (AvgIpc) is 3.24. The molecule has 0 saturated carbocycles. The summed E-state index contributed by atoms with van der Waals surface area (Å²) in [5.74, 6) is -0.238. The Morgan fingerprint density at radius 3 is 2.88 bits per heavy atom. The van der Waals surface area contributed by atoms with Crippen LogP contribution in [0.3, 0.4) is 0 Å². The summed E-state index contributed by atoms with van der Waals surface area (Å²) in [6.07, 6.45) is 5.03. The van der Waals surface area contributed by atoms with Crippen molar-refractivity contribution in [2.45, 2.75) is 32.4 Å². The third-order valence-corrected chi connectivity index (χ3v) is 5.84. The van der Waals surface area contributed by atoms with Crippen molar-refractivity contribution in [1.82, 2.24) is 30.0 Å². The lowest BCUT2D eigenvalue weighted by atomic mass is 10.1. The maximum Gasteiger partial charge on any atom is 0.269 e. The number of rotatable bonds is 7. The molecule has 8 nitrogen and oxygen atoms in total. The standard InChI is InChI=1S/C17H24N6O2Si/c1-18-17(24)15-13(9-21-22-15)14-12-5-6-23(16(12)20-10-19-14)11-25-7-8-26(2,3)4/h5-6,9-10H,7-8,11H2,1-4H3,(H,18,24)(H,21,22). The lowest BCUT2D eigenvalue weighted by Gasteiger charge is -2.15. The highest BCUT2D eigenvalue weighted by atomic mass is 28.3. The molecule has 0 atom stereocenters. The molecule has 0 aromatic carbocycles. The van der Waals surface area contributed by atoms with E-state index in [0.29, 0.717) is 23.7 Å². The lowest BCUT2D eigenvalue weighted by Crippen LogP contribution is -2.22. The Kier molecular flexibility index (Phi) is 5.19. The normalized spacial score (nSPS) is 11.8. The monoisotopic (exact) mass is 372 g/mol. The number of nitrogens with one attached hydrogen (secondary N) is 2. The number of aromatic amines is 1. The first-order valence-electron chi connectivity index (χ1n) is 8.54. The number of ether oxygens (including phenoxy) is 1. The van der Waals surface area contributed by atoms with Gasteiger partial charge in [0.05, 0.1) is 17.5 Å². The van der Waals surface area contributed by atoms with Crippen LogP contribution in [0.5, 0.6) is 0 Å². The summed E-state index contributed by atoms with van der Waals surface area (Å²) in [6, 6.07) is 3.06. The van der Waals surface area contributed by atoms with Crippen LogP contribution < -0.4 is 5.32 Å². The molecule has 3 aromatic heterocycles. The van der Waals surface area contributed by atoms with Crippen LogP contribution >= 0.6 is 0 Å². The molecule has 0 aliphatic carbocycles. The van der Waals surface area contributed by atoms with E-state index in [1.165, 1.54) is 6.33 Å². The summed E-state index contributed by atoms with van der Waals surface area (Å²) >= 11 is 0. The van der Waals surface area contributed by atoms with Crippen LogP contribution in [0.25, 0.3) is 22.3 Å². The SMILES string of the molecule is CNC(=O)c1[nH]ncc1-c1ncnc2c1ccn2COCC[Si](C)(C)C. The molecule has 0 saturated heterocycles. The number of fused-ring (bicyclic) bond motifs is 1. The molecular weight excluding hydrogens is 348 g/mol. The molecule has 0 bridgehead atoms. The first-order valence-corrected chi connectivity index (χ1v) is 12.2. The quantitative estimate of drug-likeness (QED) is 0.490. The van der Waals surface area contributed by atoms with Crippen LogP contribution in [-0.4, -0.2) is 52.4 Å². The summed E-state index contributed by atoms with van der Waals surface area (Å²) < 4.78 is 7.78. The first-order chi connectivity index (χ1) is 12.4. The van der Waals surface area contributed by atoms with Crippen molar-refractivity contribution in [3.63, 3.8) is 0 Å². The van der Waals surface area contributed by atoms with Crippen LogP contribution in [0.15, 0.2) is 24.8 Å². The van der Waals surface area contributed by atoms with Gasteiger partial charge < -0.3 is 14.6 Å². The van der Waals surface area contributed by atoms with Gasteiger partial charge in [-0.3, -0.25) is 9.89 Å². The fourth-order valence-electron chi connectivity index (χ4n) is 2.63. The predicted molar refractivity (Wildman–Crippen MR) is 103 cm³/mol. The molecule has 9 heteroatoms. The number of H-pyrrole nitrogens is 1. The number of amides is 1. The Labute approximate surface area is 153 Å². The highest BCUT2D eigenvalue weighted by Crippen LogP contribution is 2.27. The Morgan fingerprint density at radius 1 is 1.35 bits per heavy atom. The largest absolute Gasteiger partial charge is 0.361 e. The molecule has 0 fully saturated rings. The van der Waals surface area contributed by atoms with Crippen LogP contribution in [0.1, 0.15) is 10.5 Å². The van der Waals surface area contributed by atoms with E-state index in [9.17, 15) is 4.79 Å². The van der Waals surface area contributed by atoms with Crippen molar-refractivity contribution in [2.24, 2.45) is 0 Å². The van der Waals surface area contributed by atoms with Crippen LogP contribution in [0.4, 0.5) is 0 Å². The first kappa shape index (κ1) is 18.3. The van der Waals surface area contributed by atoms with Gasteiger partial charge in [-0.25, -0.2) is 9.97 Å². The van der Waals surface area contributed by atoms with Gasteiger partial charge in [0, 0.05) is 33.3 Å². The predicted octanol–water partition coefficient (Wildman–Crippen LogP) is 2.49. The van der Waals surface area contributed by atoms with Crippen molar-refractivity contribution in [2.75, 3.05) is 13.7 Å². The van der Waals surface area contributed by atoms with Gasteiger partial charge in [-0.15, -0.1) is 0 Å². The van der Waals surface area contributed by atoms with Gasteiger partial charge in [0.1, 0.15) is 24.4 Å². The molecule has 0 aliphatic heterocycles. The van der Waals surface area contributed by atoms with Crippen molar-refractivity contribution >= 4 is 25.0 Å². The van der Waals surface area contributed by atoms with E-state index in [1.807, 2.05) is 16.8 Å². The molecule has 0 aliphatic rings. The zero-order valence-electron chi connectivity index (χ0n) is 15.5. The summed E-state index contributed by atoms with van der Waals surface area (Å²) in [4.78, 5) is 20.8. The van der Waals surface area contributed by atoms with E-state index in [1.54, 1.807) is 13.2 Å². The fourth-order valence-corrected chi connectivity index (χ4v) is 3.38. The summed E-state index contributed by atoms with van der Waals surface area (Å²) in [5, 5.41) is 10.2. The van der Waals surface area contributed by atoms with E-state index in [2.05, 4.69) is 45.1 Å². The minimum atomic E-state index is -1.11. The molecule has 2 N–H and O–H groups in total. The second-order valence-corrected chi connectivity index (χ2v) is 13.0. The topological polar surface area (TPSA) is 97.7 Å². The Hall–Kier alpha value is -2.52. The van der Waals surface area contributed by atoms with Crippen LogP contribution in [0, 0.1) is 0 Å². The summed E-state index contributed by atoms with van der Waals surface area (Å²) in [6.45, 7) is 8.18. The zero-order valence-corrected chi connectivity index (χ0v) is 16.5. The molecule has 3 aromatic rings. The summed E-state index contributed by atoms with van der Waals surface area (Å²) in [7, 11) is 0.473. The molecular formula is C17H24N6O2Si.